The van der Waals surface area contributed by atoms with E-state index in [9.17, 15) is 29.8 Å². The highest BCUT2D eigenvalue weighted by molar-refractivity contribution is 9.10. The van der Waals surface area contributed by atoms with Crippen LogP contribution in [0.3, 0.4) is 0 Å². The van der Waals surface area contributed by atoms with Gasteiger partial charge in [0.2, 0.25) is 5.75 Å². The molecule has 0 saturated carbocycles. The summed E-state index contributed by atoms with van der Waals surface area (Å²) in [7, 11) is 0. The van der Waals surface area contributed by atoms with E-state index >= 15 is 0 Å². The lowest BCUT2D eigenvalue weighted by Crippen LogP contribution is -2.45. The Balaban J connectivity index is 1.52. The zero-order valence-electron chi connectivity index (χ0n) is 29.3. The number of carbonyl (C=O) groups is 2. The monoisotopic (exact) mass is 757 g/mol. The second kappa shape index (κ2) is 13.7. The fourth-order valence-corrected chi connectivity index (χ4v) is 8.15. The molecule has 0 N–H and O–H groups in total. The van der Waals surface area contributed by atoms with Gasteiger partial charge in [0.05, 0.1) is 27.0 Å². The SMILES string of the molecule is CCOc1cc(C2C3=C(CC(C)(C)CC3=O)N(CCc3ccccc3)C3=C2C(=O)CC(C)(C)C3)cc(Br)c1Oc1ccc([N+](=O)[O-])cc1[N+](=O)[O-]. The minimum atomic E-state index is -0.745. The number of nitro groups is 2. The number of nitrogens with zero attached hydrogens (tertiary/aromatic N) is 3. The zero-order chi connectivity index (χ0) is 36.8. The number of ether oxygens (including phenoxy) is 2. The predicted octanol–water partition coefficient (Wildman–Crippen LogP) is 9.38. The molecule has 1 heterocycles. The fraction of sp³-hybridized carbons (Fsp3) is 0.385. The Bertz CT molecular complexity index is 1960. The molecule has 266 valence electrons. The smallest absolute Gasteiger partial charge is 0.318 e. The molecular weight excluding hydrogens is 718 g/mol. The summed E-state index contributed by atoms with van der Waals surface area (Å²) >= 11 is 3.60. The van der Waals surface area contributed by atoms with Crippen molar-refractivity contribution in [3.8, 4) is 17.2 Å². The summed E-state index contributed by atoms with van der Waals surface area (Å²) in [4.78, 5) is 52.7. The molecule has 3 aliphatic rings. The molecule has 6 rings (SSSR count). The van der Waals surface area contributed by atoms with Gasteiger partial charge in [-0.1, -0.05) is 58.0 Å². The van der Waals surface area contributed by atoms with Crippen molar-refractivity contribution in [2.75, 3.05) is 13.2 Å². The zero-order valence-corrected chi connectivity index (χ0v) is 30.9. The number of halogens is 1. The molecule has 0 bridgehead atoms. The highest BCUT2D eigenvalue weighted by Gasteiger charge is 2.49. The van der Waals surface area contributed by atoms with E-state index in [0.717, 1.165) is 29.9 Å². The molecular formula is C39H40BrN3O8. The summed E-state index contributed by atoms with van der Waals surface area (Å²) < 4.78 is 12.5. The van der Waals surface area contributed by atoms with Crippen molar-refractivity contribution in [1.82, 2.24) is 4.90 Å². The van der Waals surface area contributed by atoms with Crippen LogP contribution in [0.1, 0.15) is 77.3 Å². The second-order valence-corrected chi connectivity index (χ2v) is 15.8. The molecule has 0 amide bonds. The molecule has 0 saturated heterocycles. The molecule has 0 aromatic heterocycles. The van der Waals surface area contributed by atoms with E-state index in [2.05, 4.69) is 60.7 Å². The molecule has 3 aromatic rings. The summed E-state index contributed by atoms with van der Waals surface area (Å²) in [6.45, 7) is 11.0. The van der Waals surface area contributed by atoms with Gasteiger partial charge in [-0.15, -0.1) is 0 Å². The van der Waals surface area contributed by atoms with Crippen LogP contribution in [-0.2, 0) is 16.0 Å². The van der Waals surface area contributed by atoms with E-state index in [0.29, 0.717) is 53.4 Å². The van der Waals surface area contributed by atoms with E-state index in [-0.39, 0.29) is 46.3 Å². The summed E-state index contributed by atoms with van der Waals surface area (Å²) in [5.41, 5.74) is 3.33. The van der Waals surface area contributed by atoms with Crippen LogP contribution in [-0.4, -0.2) is 39.5 Å². The molecule has 12 heteroatoms. The largest absolute Gasteiger partial charge is 0.490 e. The number of ketones is 2. The number of nitro benzene ring substituents is 2. The molecule has 0 spiro atoms. The predicted molar refractivity (Wildman–Crippen MR) is 195 cm³/mol. The van der Waals surface area contributed by atoms with Crippen LogP contribution < -0.4 is 9.47 Å². The van der Waals surface area contributed by atoms with Gasteiger partial charge in [-0.3, -0.25) is 29.8 Å². The Morgan fingerprint density at radius 3 is 1.98 bits per heavy atom. The van der Waals surface area contributed by atoms with E-state index in [1.807, 2.05) is 18.2 Å². The normalized spacial score (nSPS) is 18.4. The number of non-ortho nitro benzene ring substituents is 1. The first-order valence-corrected chi connectivity index (χ1v) is 17.8. The molecule has 0 fully saturated rings. The first-order valence-electron chi connectivity index (χ1n) is 17.0. The van der Waals surface area contributed by atoms with Gasteiger partial charge in [-0.05, 0) is 82.3 Å². The van der Waals surface area contributed by atoms with Crippen molar-refractivity contribution in [3.05, 3.63) is 119 Å². The number of hydrogen-bond acceptors (Lipinski definition) is 9. The van der Waals surface area contributed by atoms with Crippen molar-refractivity contribution in [2.45, 2.75) is 72.6 Å². The maximum Gasteiger partial charge on any atom is 0.318 e. The van der Waals surface area contributed by atoms with Crippen LogP contribution in [0.25, 0.3) is 0 Å². The van der Waals surface area contributed by atoms with Gasteiger partial charge in [0.25, 0.3) is 5.69 Å². The molecule has 2 aliphatic carbocycles. The Kier molecular flexibility index (Phi) is 9.67. The van der Waals surface area contributed by atoms with Crippen molar-refractivity contribution < 1.29 is 28.9 Å². The number of allylic oxidation sites excluding steroid dienone is 4. The molecule has 51 heavy (non-hydrogen) atoms. The van der Waals surface area contributed by atoms with E-state index in [4.69, 9.17) is 9.47 Å². The summed E-state index contributed by atoms with van der Waals surface area (Å²) in [6.07, 6.45) is 2.73. The van der Waals surface area contributed by atoms with Gasteiger partial charge >= 0.3 is 5.69 Å². The number of rotatable bonds is 10. The van der Waals surface area contributed by atoms with Gasteiger partial charge in [-0.25, -0.2) is 0 Å². The first-order chi connectivity index (χ1) is 24.1. The van der Waals surface area contributed by atoms with Crippen LogP contribution in [0.4, 0.5) is 11.4 Å². The van der Waals surface area contributed by atoms with E-state index in [1.54, 1.807) is 19.1 Å². The highest BCUT2D eigenvalue weighted by atomic mass is 79.9. The van der Waals surface area contributed by atoms with Crippen molar-refractivity contribution in [3.63, 3.8) is 0 Å². The summed E-state index contributed by atoms with van der Waals surface area (Å²) in [6, 6.07) is 16.8. The fourth-order valence-electron chi connectivity index (χ4n) is 7.61. The maximum atomic E-state index is 14.3. The quantitative estimate of drug-likeness (QED) is 0.146. The van der Waals surface area contributed by atoms with Crippen LogP contribution >= 0.6 is 15.9 Å². The van der Waals surface area contributed by atoms with Crippen LogP contribution in [0.15, 0.2) is 87.7 Å². The molecule has 3 aromatic carbocycles. The summed E-state index contributed by atoms with van der Waals surface area (Å²) in [5, 5.41) is 23.2. The average molecular weight is 759 g/mol. The second-order valence-electron chi connectivity index (χ2n) is 15.0. The topological polar surface area (TPSA) is 142 Å². The Labute approximate surface area is 304 Å². The Morgan fingerprint density at radius 2 is 1.43 bits per heavy atom. The molecule has 1 aliphatic heterocycles. The number of carbonyl (C=O) groups excluding carboxylic acids is 2. The molecule has 0 atom stereocenters. The Hall–Kier alpha value is -4.84. The van der Waals surface area contributed by atoms with Crippen LogP contribution in [0, 0.1) is 31.1 Å². The maximum absolute atomic E-state index is 14.3. The van der Waals surface area contributed by atoms with Gasteiger partial charge in [-0.2, -0.15) is 0 Å². The lowest BCUT2D eigenvalue weighted by Gasteiger charge is -2.49. The molecule has 11 nitrogen and oxygen atoms in total. The third-order valence-electron chi connectivity index (χ3n) is 9.72. The third-order valence-corrected chi connectivity index (χ3v) is 10.3. The standard InChI is InChI=1S/C39H40BrN3O8/c1-6-50-33-17-24(16-26(40)37(33)51-32-13-12-25(42(46)47)18-27(32)43(48)49)34-35-28(19-38(2,3)21-30(35)44)41(15-14-23-10-8-7-9-11-23)29-20-39(4,5)22-31(45)36(29)34/h7-13,16-18,34H,6,14-15,19-22H2,1-5H3. The first kappa shape index (κ1) is 36.0. The van der Waals surface area contributed by atoms with Crippen molar-refractivity contribution >= 4 is 38.9 Å². The van der Waals surface area contributed by atoms with E-state index < -0.39 is 27.1 Å². The third kappa shape index (κ3) is 7.19. The molecule has 0 radical (unpaired) electrons. The highest BCUT2D eigenvalue weighted by Crippen LogP contribution is 2.56. The minimum absolute atomic E-state index is 0.00365. The van der Waals surface area contributed by atoms with E-state index in [1.165, 1.54) is 11.6 Å². The Morgan fingerprint density at radius 1 is 0.824 bits per heavy atom. The van der Waals surface area contributed by atoms with Crippen LogP contribution in [0.2, 0.25) is 0 Å². The lowest BCUT2D eigenvalue weighted by molar-refractivity contribution is -0.394. The van der Waals surface area contributed by atoms with Crippen LogP contribution in [0.5, 0.6) is 17.2 Å². The number of benzene rings is 3. The van der Waals surface area contributed by atoms with Gasteiger partial charge < -0.3 is 14.4 Å². The van der Waals surface area contributed by atoms with Crippen molar-refractivity contribution in [1.29, 1.82) is 0 Å². The number of hydrogen-bond donors (Lipinski definition) is 0. The van der Waals surface area contributed by atoms with Gasteiger partial charge in [0.15, 0.2) is 23.1 Å². The molecule has 0 unspecified atom stereocenters. The minimum Gasteiger partial charge on any atom is -0.490 e. The van der Waals surface area contributed by atoms with Gasteiger partial charge in [0, 0.05) is 53.9 Å². The average Bonchev–Trinajstić information content (AvgIpc) is 3.04. The van der Waals surface area contributed by atoms with Gasteiger partial charge in [0.1, 0.15) is 0 Å². The summed E-state index contributed by atoms with van der Waals surface area (Å²) in [5.74, 6) is -0.525. The lowest BCUT2D eigenvalue weighted by atomic mass is 9.63. The number of Topliss-reactive ketones (excluding diaryl/α,β-unsaturated/α-hetero) is 2. The van der Waals surface area contributed by atoms with Crippen molar-refractivity contribution in [2.24, 2.45) is 10.8 Å².